The number of carbonyl (C=O) groups excluding carboxylic acids is 1. The van der Waals surface area contributed by atoms with Crippen molar-refractivity contribution >= 4 is 34.8 Å². The summed E-state index contributed by atoms with van der Waals surface area (Å²) in [5, 5.41) is 0. The van der Waals surface area contributed by atoms with E-state index < -0.39 is 17.6 Å². The summed E-state index contributed by atoms with van der Waals surface area (Å²) < 4.78 is 38.4. The van der Waals surface area contributed by atoms with Gasteiger partial charge in [-0.1, -0.05) is 12.1 Å². The van der Waals surface area contributed by atoms with Crippen molar-refractivity contribution < 1.29 is 18.0 Å². The van der Waals surface area contributed by atoms with Crippen LogP contribution in [0.15, 0.2) is 24.3 Å². The Morgan fingerprint density at radius 1 is 1.22 bits per heavy atom. The quantitative estimate of drug-likeness (QED) is 0.610. The first kappa shape index (κ1) is 15.1. The lowest BCUT2D eigenvalue weighted by molar-refractivity contribution is -0.137. The fourth-order valence-corrected chi connectivity index (χ4v) is 1.85. The highest BCUT2D eigenvalue weighted by atomic mass is 35.5. The maximum Gasteiger partial charge on any atom is 0.418 e. The Bertz CT molecular complexity index is 423. The number of para-hydroxylation sites is 1. The van der Waals surface area contributed by atoms with Crippen LogP contribution in [0.2, 0.25) is 0 Å². The molecule has 1 aromatic carbocycles. The normalized spacial score (nSPS) is 11.4. The molecule has 0 spiro atoms. The Kier molecular flexibility index (Phi) is 5.28. The maximum absolute atomic E-state index is 12.8. The second kappa shape index (κ2) is 6.29. The second-order valence-electron chi connectivity index (χ2n) is 3.40. The summed E-state index contributed by atoms with van der Waals surface area (Å²) in [6.07, 6.45) is -4.61. The van der Waals surface area contributed by atoms with E-state index in [1.807, 2.05) is 0 Å². The zero-order valence-electron chi connectivity index (χ0n) is 9.18. The molecule has 0 saturated heterocycles. The van der Waals surface area contributed by atoms with Crippen LogP contribution in [0.3, 0.4) is 0 Å². The van der Waals surface area contributed by atoms with Gasteiger partial charge in [0.05, 0.1) is 11.3 Å². The molecule has 0 atom stereocenters. The van der Waals surface area contributed by atoms with Crippen LogP contribution < -0.4 is 4.90 Å². The summed E-state index contributed by atoms with van der Waals surface area (Å²) in [4.78, 5) is 12.5. The highest BCUT2D eigenvalue weighted by Gasteiger charge is 2.35. The summed E-state index contributed by atoms with van der Waals surface area (Å²) in [6.45, 7) is 0. The zero-order chi connectivity index (χ0) is 13.8. The fraction of sp³-hybridized carbons (Fsp3) is 0.364. The number of hydrogen-bond acceptors (Lipinski definition) is 1. The van der Waals surface area contributed by atoms with E-state index in [0.717, 1.165) is 11.0 Å². The van der Waals surface area contributed by atoms with Crippen molar-refractivity contribution in [3.8, 4) is 0 Å². The molecule has 0 aliphatic carbocycles. The van der Waals surface area contributed by atoms with Crippen molar-refractivity contribution in [2.24, 2.45) is 0 Å². The van der Waals surface area contributed by atoms with Gasteiger partial charge in [-0.05, 0) is 12.1 Å². The summed E-state index contributed by atoms with van der Waals surface area (Å²) in [7, 11) is 0. The summed E-state index contributed by atoms with van der Waals surface area (Å²) in [6, 6.07) is 4.42. The molecule has 0 aliphatic rings. The summed E-state index contributed by atoms with van der Waals surface area (Å²) >= 11 is 11.0. The third kappa shape index (κ3) is 3.53. The standard InChI is InChI=1S/C11H10Cl2F3NO/c12-6-5-10(18)17(7-13)9-4-2-1-3-8(9)11(14,15)16/h1-4H,5-7H2. The van der Waals surface area contributed by atoms with Gasteiger partial charge in [-0.25, -0.2) is 0 Å². The van der Waals surface area contributed by atoms with Gasteiger partial charge in [-0.2, -0.15) is 13.2 Å². The van der Waals surface area contributed by atoms with E-state index >= 15 is 0 Å². The van der Waals surface area contributed by atoms with E-state index in [0.29, 0.717) is 0 Å². The lowest BCUT2D eigenvalue weighted by Gasteiger charge is -2.23. The molecule has 7 heteroatoms. The maximum atomic E-state index is 12.8. The number of benzene rings is 1. The number of carbonyl (C=O) groups is 1. The van der Waals surface area contributed by atoms with Gasteiger partial charge >= 0.3 is 6.18 Å². The number of hydrogen-bond donors (Lipinski definition) is 0. The SMILES string of the molecule is O=C(CCCl)N(CCl)c1ccccc1C(F)(F)F. The second-order valence-corrected chi connectivity index (χ2v) is 4.01. The van der Waals surface area contributed by atoms with E-state index in [2.05, 4.69) is 0 Å². The number of amides is 1. The lowest BCUT2D eigenvalue weighted by Crippen LogP contribution is -2.31. The highest BCUT2D eigenvalue weighted by Crippen LogP contribution is 2.36. The first-order chi connectivity index (χ1) is 8.41. The van der Waals surface area contributed by atoms with E-state index in [4.69, 9.17) is 23.2 Å². The van der Waals surface area contributed by atoms with E-state index in [1.165, 1.54) is 18.2 Å². The highest BCUT2D eigenvalue weighted by molar-refractivity contribution is 6.22. The number of nitrogens with zero attached hydrogens (tertiary/aromatic N) is 1. The van der Waals surface area contributed by atoms with Crippen molar-refractivity contribution in [1.29, 1.82) is 0 Å². The third-order valence-corrected chi connectivity index (χ3v) is 2.66. The minimum atomic E-state index is -4.54. The predicted molar refractivity (Wildman–Crippen MR) is 65.0 cm³/mol. The molecular formula is C11H10Cl2F3NO. The molecule has 0 heterocycles. The van der Waals surface area contributed by atoms with Crippen molar-refractivity contribution in [3.05, 3.63) is 29.8 Å². The molecule has 0 aromatic heterocycles. The van der Waals surface area contributed by atoms with Crippen LogP contribution >= 0.6 is 23.2 Å². The van der Waals surface area contributed by atoms with Gasteiger partial charge in [0.2, 0.25) is 5.91 Å². The Morgan fingerprint density at radius 2 is 1.83 bits per heavy atom. The minimum absolute atomic E-state index is 0.0282. The Labute approximate surface area is 112 Å². The largest absolute Gasteiger partial charge is 0.418 e. The predicted octanol–water partition coefficient (Wildman–Crippen LogP) is 3.86. The average Bonchev–Trinajstić information content (AvgIpc) is 2.29. The van der Waals surface area contributed by atoms with Crippen LogP contribution in [0.1, 0.15) is 12.0 Å². The topological polar surface area (TPSA) is 20.3 Å². The molecule has 0 fully saturated rings. The van der Waals surface area contributed by atoms with Crippen LogP contribution in [-0.4, -0.2) is 17.8 Å². The van der Waals surface area contributed by atoms with Gasteiger partial charge in [0, 0.05) is 12.3 Å². The third-order valence-electron chi connectivity index (χ3n) is 2.23. The van der Waals surface area contributed by atoms with E-state index in [1.54, 1.807) is 0 Å². The van der Waals surface area contributed by atoms with Crippen molar-refractivity contribution in [1.82, 2.24) is 0 Å². The van der Waals surface area contributed by atoms with Crippen molar-refractivity contribution in [2.45, 2.75) is 12.6 Å². The molecular weight excluding hydrogens is 290 g/mol. The van der Waals surface area contributed by atoms with Crippen LogP contribution in [0, 0.1) is 0 Å². The molecule has 0 saturated carbocycles. The number of alkyl halides is 5. The molecule has 0 radical (unpaired) electrons. The van der Waals surface area contributed by atoms with Crippen LogP contribution in [0.25, 0.3) is 0 Å². The van der Waals surface area contributed by atoms with Gasteiger partial charge in [0.25, 0.3) is 0 Å². The number of halogens is 5. The molecule has 2 nitrogen and oxygen atoms in total. The van der Waals surface area contributed by atoms with Gasteiger partial charge in [0.15, 0.2) is 0 Å². The molecule has 1 rings (SSSR count). The minimum Gasteiger partial charge on any atom is -0.298 e. The molecule has 0 aliphatic heterocycles. The van der Waals surface area contributed by atoms with Gasteiger partial charge in [-0.15, -0.1) is 23.2 Å². The van der Waals surface area contributed by atoms with Crippen LogP contribution in [0.5, 0.6) is 0 Å². The van der Waals surface area contributed by atoms with Crippen molar-refractivity contribution in [2.75, 3.05) is 16.8 Å². The average molecular weight is 300 g/mol. The molecule has 1 aromatic rings. The molecule has 1 amide bonds. The first-order valence-corrected chi connectivity index (χ1v) is 6.07. The monoisotopic (exact) mass is 299 g/mol. The van der Waals surface area contributed by atoms with Crippen LogP contribution in [-0.2, 0) is 11.0 Å². The Hall–Kier alpha value is -0.940. The fourth-order valence-electron chi connectivity index (χ4n) is 1.43. The number of anilines is 1. The molecule has 100 valence electrons. The van der Waals surface area contributed by atoms with Gasteiger partial charge in [-0.3, -0.25) is 9.69 Å². The zero-order valence-corrected chi connectivity index (χ0v) is 10.7. The molecule has 0 unspecified atom stereocenters. The van der Waals surface area contributed by atoms with E-state index in [9.17, 15) is 18.0 Å². The molecule has 18 heavy (non-hydrogen) atoms. The van der Waals surface area contributed by atoms with E-state index in [-0.39, 0.29) is 24.0 Å². The van der Waals surface area contributed by atoms with Crippen molar-refractivity contribution in [3.63, 3.8) is 0 Å². The first-order valence-electron chi connectivity index (χ1n) is 5.00. The Balaban J connectivity index is 3.18. The lowest BCUT2D eigenvalue weighted by atomic mass is 10.1. The molecule has 0 bridgehead atoms. The van der Waals surface area contributed by atoms with Gasteiger partial charge in [0.1, 0.15) is 6.00 Å². The smallest absolute Gasteiger partial charge is 0.298 e. The van der Waals surface area contributed by atoms with Crippen LogP contribution in [0.4, 0.5) is 18.9 Å². The summed E-state index contributed by atoms with van der Waals surface area (Å²) in [5.74, 6) is -0.517. The molecule has 0 N–H and O–H groups in total. The Morgan fingerprint density at radius 3 is 2.33 bits per heavy atom. The number of rotatable bonds is 4. The summed E-state index contributed by atoms with van der Waals surface area (Å²) in [5.41, 5.74) is -1.15. The van der Waals surface area contributed by atoms with Gasteiger partial charge < -0.3 is 0 Å².